The second kappa shape index (κ2) is 9.59. The number of nitrogens with one attached hydrogen (secondary N) is 2. The Morgan fingerprint density at radius 2 is 1.81 bits per heavy atom. The first kappa shape index (κ1) is 21.8. The van der Waals surface area contributed by atoms with Crippen molar-refractivity contribution in [3.63, 3.8) is 0 Å². The summed E-state index contributed by atoms with van der Waals surface area (Å²) in [4.78, 5) is 25.2. The largest absolute Gasteiger partial charge is 0.465 e. The fourth-order valence-electron chi connectivity index (χ4n) is 3.88. The molecule has 0 radical (unpaired) electrons. The molecule has 0 spiro atoms. The van der Waals surface area contributed by atoms with E-state index in [1.807, 2.05) is 7.05 Å². The van der Waals surface area contributed by atoms with Crippen molar-refractivity contribution in [1.82, 2.24) is 15.5 Å². The first-order valence-electron chi connectivity index (χ1n) is 9.97. The number of carbonyl (C=O) groups excluding carboxylic acids is 1. The van der Waals surface area contributed by atoms with Crippen LogP contribution in [0.3, 0.4) is 0 Å². The zero-order valence-electron chi connectivity index (χ0n) is 17.0. The van der Waals surface area contributed by atoms with E-state index in [1.165, 1.54) is 4.90 Å². The Labute approximate surface area is 162 Å². The first-order valence-corrected chi connectivity index (χ1v) is 9.97. The van der Waals surface area contributed by atoms with Gasteiger partial charge < -0.3 is 30.1 Å². The SMILES string of the molecule is CNC1CCC(OC[C@H]2[C@@H](NC(=O)OC(C)(C)C)CCCN2C(=O)O)CC1. The first-order chi connectivity index (χ1) is 12.7. The van der Waals surface area contributed by atoms with E-state index in [0.29, 0.717) is 32.0 Å². The van der Waals surface area contributed by atoms with Gasteiger partial charge in [0.05, 0.1) is 24.8 Å². The molecule has 2 rings (SSSR count). The average Bonchev–Trinajstić information content (AvgIpc) is 2.59. The van der Waals surface area contributed by atoms with Gasteiger partial charge in [-0.1, -0.05) is 0 Å². The summed E-state index contributed by atoms with van der Waals surface area (Å²) in [6.07, 6.45) is 4.14. The van der Waals surface area contributed by atoms with Crippen molar-refractivity contribution < 1.29 is 24.2 Å². The molecule has 2 aliphatic rings. The molecular weight excluding hydrogens is 350 g/mol. The van der Waals surface area contributed by atoms with Crippen LogP contribution in [-0.4, -0.2) is 72.2 Å². The third-order valence-electron chi connectivity index (χ3n) is 5.31. The van der Waals surface area contributed by atoms with Crippen molar-refractivity contribution >= 4 is 12.2 Å². The highest BCUT2D eigenvalue weighted by Gasteiger charge is 2.37. The van der Waals surface area contributed by atoms with Crippen LogP contribution in [-0.2, 0) is 9.47 Å². The molecule has 1 aliphatic carbocycles. The lowest BCUT2D eigenvalue weighted by molar-refractivity contribution is -0.0271. The van der Waals surface area contributed by atoms with Crippen molar-refractivity contribution in [2.24, 2.45) is 0 Å². The van der Waals surface area contributed by atoms with Crippen LogP contribution in [0.4, 0.5) is 9.59 Å². The molecule has 1 aliphatic heterocycles. The highest BCUT2D eigenvalue weighted by molar-refractivity contribution is 5.69. The van der Waals surface area contributed by atoms with Crippen LogP contribution in [0.5, 0.6) is 0 Å². The van der Waals surface area contributed by atoms with Crippen molar-refractivity contribution in [2.45, 2.75) is 89.1 Å². The van der Waals surface area contributed by atoms with E-state index in [2.05, 4.69) is 10.6 Å². The van der Waals surface area contributed by atoms with Crippen molar-refractivity contribution in [2.75, 3.05) is 20.2 Å². The van der Waals surface area contributed by atoms with E-state index in [1.54, 1.807) is 20.8 Å². The lowest BCUT2D eigenvalue weighted by Crippen LogP contribution is -2.59. The molecule has 1 saturated heterocycles. The second-order valence-electron chi connectivity index (χ2n) is 8.53. The number of amides is 2. The van der Waals surface area contributed by atoms with Gasteiger partial charge in [0.15, 0.2) is 0 Å². The maximum Gasteiger partial charge on any atom is 0.407 e. The van der Waals surface area contributed by atoms with Gasteiger partial charge in [0.1, 0.15) is 5.60 Å². The molecule has 0 bridgehead atoms. The second-order valence-corrected chi connectivity index (χ2v) is 8.53. The van der Waals surface area contributed by atoms with Crippen LogP contribution in [0, 0.1) is 0 Å². The molecule has 2 amide bonds. The lowest BCUT2D eigenvalue weighted by Gasteiger charge is -2.41. The molecule has 3 N–H and O–H groups in total. The Kier molecular flexibility index (Phi) is 7.73. The van der Waals surface area contributed by atoms with E-state index in [-0.39, 0.29) is 12.1 Å². The number of hydrogen-bond donors (Lipinski definition) is 3. The van der Waals surface area contributed by atoms with Gasteiger partial charge in [-0.15, -0.1) is 0 Å². The van der Waals surface area contributed by atoms with Gasteiger partial charge in [0.25, 0.3) is 0 Å². The van der Waals surface area contributed by atoms with Crippen LogP contribution in [0.1, 0.15) is 59.3 Å². The minimum atomic E-state index is -0.974. The molecule has 0 aromatic rings. The Bertz CT molecular complexity index is 500. The fourth-order valence-corrected chi connectivity index (χ4v) is 3.88. The van der Waals surface area contributed by atoms with Gasteiger partial charge >= 0.3 is 12.2 Å². The Morgan fingerprint density at radius 3 is 2.37 bits per heavy atom. The lowest BCUT2D eigenvalue weighted by atomic mass is 9.92. The van der Waals surface area contributed by atoms with Crippen LogP contribution < -0.4 is 10.6 Å². The number of ether oxygens (including phenoxy) is 2. The summed E-state index contributed by atoms with van der Waals surface area (Å²) in [5, 5.41) is 15.7. The molecule has 8 heteroatoms. The summed E-state index contributed by atoms with van der Waals surface area (Å²) < 4.78 is 11.4. The zero-order valence-corrected chi connectivity index (χ0v) is 17.0. The normalized spacial score (nSPS) is 29.3. The predicted molar refractivity (Wildman–Crippen MR) is 102 cm³/mol. The monoisotopic (exact) mass is 385 g/mol. The highest BCUT2D eigenvalue weighted by Crippen LogP contribution is 2.24. The van der Waals surface area contributed by atoms with Crippen LogP contribution in [0.2, 0.25) is 0 Å². The van der Waals surface area contributed by atoms with E-state index >= 15 is 0 Å². The molecule has 0 unspecified atom stereocenters. The van der Waals surface area contributed by atoms with Gasteiger partial charge in [0, 0.05) is 12.6 Å². The summed E-state index contributed by atoms with van der Waals surface area (Å²) in [7, 11) is 1.98. The number of carbonyl (C=O) groups is 2. The molecule has 156 valence electrons. The molecule has 2 atom stereocenters. The molecule has 8 nitrogen and oxygen atoms in total. The summed E-state index contributed by atoms with van der Waals surface area (Å²) in [5.41, 5.74) is -0.594. The average molecular weight is 386 g/mol. The standard InChI is InChI=1S/C19H35N3O5/c1-19(2,3)27-17(23)21-15-6-5-11-22(18(24)25)16(15)12-26-14-9-7-13(20-4)8-10-14/h13-16,20H,5-12H2,1-4H3,(H,21,23)(H,24,25)/t13?,14?,15-,16-/m0/s1. The molecule has 27 heavy (non-hydrogen) atoms. The molecule has 0 aromatic carbocycles. The number of carboxylic acid groups (broad SMARTS) is 1. The van der Waals surface area contributed by atoms with E-state index in [0.717, 1.165) is 25.7 Å². The van der Waals surface area contributed by atoms with Crippen LogP contribution in [0.15, 0.2) is 0 Å². The Morgan fingerprint density at radius 1 is 1.15 bits per heavy atom. The minimum absolute atomic E-state index is 0.148. The van der Waals surface area contributed by atoms with Crippen molar-refractivity contribution in [3.05, 3.63) is 0 Å². The van der Waals surface area contributed by atoms with E-state index in [4.69, 9.17) is 9.47 Å². The number of likely N-dealkylation sites (tertiary alicyclic amines) is 1. The maximum atomic E-state index is 12.2. The summed E-state index contributed by atoms with van der Waals surface area (Å²) in [5.74, 6) is 0. The van der Waals surface area contributed by atoms with Gasteiger partial charge in [-0.25, -0.2) is 9.59 Å². The van der Waals surface area contributed by atoms with E-state index in [9.17, 15) is 14.7 Å². The predicted octanol–water partition coefficient (Wildman–Crippen LogP) is 2.57. The fraction of sp³-hybridized carbons (Fsp3) is 0.895. The smallest absolute Gasteiger partial charge is 0.407 e. The Hall–Kier alpha value is -1.54. The molecule has 1 heterocycles. The molecule has 1 saturated carbocycles. The molecule has 0 aromatic heterocycles. The van der Waals surface area contributed by atoms with E-state index < -0.39 is 23.8 Å². The molecule has 2 fully saturated rings. The van der Waals surface area contributed by atoms with Crippen molar-refractivity contribution in [1.29, 1.82) is 0 Å². The summed E-state index contributed by atoms with van der Waals surface area (Å²) >= 11 is 0. The van der Waals surface area contributed by atoms with Gasteiger partial charge in [0.2, 0.25) is 0 Å². The van der Waals surface area contributed by atoms with Crippen LogP contribution in [0.25, 0.3) is 0 Å². The van der Waals surface area contributed by atoms with Crippen LogP contribution >= 0.6 is 0 Å². The van der Waals surface area contributed by atoms with Gasteiger partial charge in [-0.05, 0) is 66.3 Å². The minimum Gasteiger partial charge on any atom is -0.465 e. The number of piperidine rings is 1. The highest BCUT2D eigenvalue weighted by atomic mass is 16.6. The van der Waals surface area contributed by atoms with Gasteiger partial charge in [-0.2, -0.15) is 0 Å². The van der Waals surface area contributed by atoms with Crippen molar-refractivity contribution in [3.8, 4) is 0 Å². The zero-order chi connectivity index (χ0) is 20.0. The summed E-state index contributed by atoms with van der Waals surface area (Å²) in [6.45, 7) is 6.17. The number of hydrogen-bond acceptors (Lipinski definition) is 5. The maximum absolute atomic E-state index is 12.2. The molecular formula is C19H35N3O5. The third kappa shape index (κ3) is 6.84. The van der Waals surface area contributed by atoms with Gasteiger partial charge in [-0.3, -0.25) is 0 Å². The summed E-state index contributed by atoms with van der Waals surface area (Å²) in [6, 6.07) is -0.166. The third-order valence-corrected chi connectivity index (χ3v) is 5.31. The quantitative estimate of drug-likeness (QED) is 0.673. The number of alkyl carbamates (subject to hydrolysis) is 1. The number of nitrogens with zero attached hydrogens (tertiary/aromatic N) is 1. The topological polar surface area (TPSA) is 100 Å². The Balaban J connectivity index is 1.95. The number of rotatable bonds is 5.